The molecule has 6 heteroatoms. The van der Waals surface area contributed by atoms with Crippen molar-refractivity contribution < 1.29 is 19.0 Å². The van der Waals surface area contributed by atoms with Gasteiger partial charge in [-0.05, 0) is 54.3 Å². The Hall–Kier alpha value is -3.02. The number of aryl methyl sites for hydroxylation is 1. The molecule has 0 saturated carbocycles. The predicted octanol–water partition coefficient (Wildman–Crippen LogP) is 3.68. The number of amides is 1. The lowest BCUT2D eigenvalue weighted by atomic mass is 10.1. The van der Waals surface area contributed by atoms with Crippen molar-refractivity contribution in [3.05, 3.63) is 53.6 Å². The molecule has 1 heterocycles. The van der Waals surface area contributed by atoms with Crippen molar-refractivity contribution in [2.45, 2.75) is 32.6 Å². The molecule has 0 saturated heterocycles. The molecule has 27 heavy (non-hydrogen) atoms. The van der Waals surface area contributed by atoms with E-state index < -0.39 is 0 Å². The van der Waals surface area contributed by atoms with Crippen molar-refractivity contribution in [3.8, 4) is 17.2 Å². The van der Waals surface area contributed by atoms with Crippen molar-refractivity contribution in [2.24, 2.45) is 5.10 Å². The van der Waals surface area contributed by atoms with Gasteiger partial charge in [-0.2, -0.15) is 5.10 Å². The highest BCUT2D eigenvalue weighted by Crippen LogP contribution is 2.31. The number of hydrogen-bond acceptors (Lipinski definition) is 5. The van der Waals surface area contributed by atoms with Crippen molar-refractivity contribution in [2.75, 3.05) is 13.4 Å². The van der Waals surface area contributed by atoms with Gasteiger partial charge in [0.15, 0.2) is 18.1 Å². The third-order valence-corrected chi connectivity index (χ3v) is 4.16. The quantitative estimate of drug-likeness (QED) is 0.416. The third-order valence-electron chi connectivity index (χ3n) is 4.16. The Kier molecular flexibility index (Phi) is 6.68. The first-order chi connectivity index (χ1) is 13.2. The van der Waals surface area contributed by atoms with Crippen LogP contribution in [0.25, 0.3) is 0 Å². The largest absolute Gasteiger partial charge is 0.484 e. The second-order valence-corrected chi connectivity index (χ2v) is 6.30. The molecule has 6 nitrogen and oxygen atoms in total. The van der Waals surface area contributed by atoms with E-state index in [0.717, 1.165) is 12.0 Å². The van der Waals surface area contributed by atoms with Gasteiger partial charge in [-0.25, -0.2) is 5.43 Å². The van der Waals surface area contributed by atoms with E-state index in [1.54, 1.807) is 18.3 Å². The molecule has 0 atom stereocenters. The number of benzene rings is 2. The second-order valence-electron chi connectivity index (χ2n) is 6.30. The second kappa shape index (κ2) is 9.62. The third kappa shape index (κ3) is 5.74. The van der Waals surface area contributed by atoms with Gasteiger partial charge in [0, 0.05) is 0 Å². The van der Waals surface area contributed by atoms with Gasteiger partial charge in [-0.15, -0.1) is 0 Å². The van der Waals surface area contributed by atoms with Gasteiger partial charge in [0.2, 0.25) is 6.79 Å². The zero-order chi connectivity index (χ0) is 18.9. The molecule has 0 bridgehead atoms. The van der Waals surface area contributed by atoms with Gasteiger partial charge in [0.25, 0.3) is 5.91 Å². The Morgan fingerprint density at radius 3 is 2.78 bits per heavy atom. The fourth-order valence-corrected chi connectivity index (χ4v) is 2.68. The van der Waals surface area contributed by atoms with Crippen molar-refractivity contribution in [1.82, 2.24) is 5.43 Å². The molecule has 0 unspecified atom stereocenters. The van der Waals surface area contributed by atoms with E-state index in [0.29, 0.717) is 17.2 Å². The lowest BCUT2D eigenvalue weighted by molar-refractivity contribution is -0.123. The van der Waals surface area contributed by atoms with Crippen LogP contribution in [0, 0.1) is 0 Å². The van der Waals surface area contributed by atoms with Gasteiger partial charge in [0.1, 0.15) is 5.75 Å². The number of hydrazone groups is 1. The van der Waals surface area contributed by atoms with Gasteiger partial charge in [-0.3, -0.25) is 4.79 Å². The summed E-state index contributed by atoms with van der Waals surface area (Å²) in [7, 11) is 0. The number of carbonyl (C=O) groups is 1. The fraction of sp³-hybridized carbons (Fsp3) is 0.333. The first-order valence-electron chi connectivity index (χ1n) is 9.18. The highest BCUT2D eigenvalue weighted by molar-refractivity contribution is 5.83. The standard InChI is InChI=1S/C21H24N2O4/c1-2-3-4-5-16-6-9-18(10-7-16)25-14-21(24)23-22-13-17-8-11-19-20(12-17)27-15-26-19/h6-13H,2-5,14-15H2,1H3,(H,23,24)/b22-13-. The molecule has 2 aromatic rings. The highest BCUT2D eigenvalue weighted by atomic mass is 16.7. The molecular formula is C21H24N2O4. The summed E-state index contributed by atoms with van der Waals surface area (Å²) in [6.45, 7) is 2.33. The zero-order valence-corrected chi connectivity index (χ0v) is 15.4. The maximum Gasteiger partial charge on any atom is 0.277 e. The SMILES string of the molecule is CCCCCc1ccc(OCC(=O)N/N=C\c2ccc3c(c2)OCO3)cc1. The minimum absolute atomic E-state index is 0.0896. The number of nitrogens with one attached hydrogen (secondary N) is 1. The van der Waals surface area contributed by atoms with Crippen LogP contribution in [0.15, 0.2) is 47.6 Å². The van der Waals surface area contributed by atoms with Crippen molar-refractivity contribution in [1.29, 1.82) is 0 Å². The summed E-state index contributed by atoms with van der Waals surface area (Å²) in [5.41, 5.74) is 4.54. The van der Waals surface area contributed by atoms with Crippen LogP contribution in [0.5, 0.6) is 17.2 Å². The number of rotatable bonds is 9. The summed E-state index contributed by atoms with van der Waals surface area (Å²) in [6.07, 6.45) is 6.27. The van der Waals surface area contributed by atoms with E-state index in [1.165, 1.54) is 24.8 Å². The van der Waals surface area contributed by atoms with E-state index in [1.807, 2.05) is 30.3 Å². The Morgan fingerprint density at radius 1 is 1.15 bits per heavy atom. The lowest BCUT2D eigenvalue weighted by Gasteiger charge is -2.06. The van der Waals surface area contributed by atoms with Crippen LogP contribution in [0.2, 0.25) is 0 Å². The average Bonchev–Trinajstić information content (AvgIpc) is 3.15. The van der Waals surface area contributed by atoms with Crippen LogP contribution in [0.1, 0.15) is 37.3 Å². The number of nitrogens with zero attached hydrogens (tertiary/aromatic N) is 1. The molecule has 0 aliphatic carbocycles. The van der Waals surface area contributed by atoms with E-state index in [9.17, 15) is 4.79 Å². The molecule has 0 aromatic heterocycles. The maximum absolute atomic E-state index is 11.8. The fourth-order valence-electron chi connectivity index (χ4n) is 2.68. The van der Waals surface area contributed by atoms with Crippen molar-refractivity contribution in [3.63, 3.8) is 0 Å². The average molecular weight is 368 g/mol. The number of unbranched alkanes of at least 4 members (excludes halogenated alkanes) is 2. The summed E-state index contributed by atoms with van der Waals surface area (Å²) in [5, 5.41) is 3.93. The molecule has 1 N–H and O–H groups in total. The first-order valence-corrected chi connectivity index (χ1v) is 9.18. The summed E-state index contributed by atoms with van der Waals surface area (Å²) in [5.74, 6) is 1.73. The topological polar surface area (TPSA) is 69.2 Å². The van der Waals surface area contributed by atoms with E-state index in [2.05, 4.69) is 17.5 Å². The first kappa shape index (κ1) is 18.8. The van der Waals surface area contributed by atoms with E-state index in [-0.39, 0.29) is 19.3 Å². The Morgan fingerprint density at radius 2 is 1.96 bits per heavy atom. The van der Waals surface area contributed by atoms with E-state index in [4.69, 9.17) is 14.2 Å². The van der Waals surface area contributed by atoms with Crippen LogP contribution in [0.4, 0.5) is 0 Å². The minimum atomic E-state index is -0.320. The smallest absolute Gasteiger partial charge is 0.277 e. The Labute approximate surface area is 159 Å². The number of ether oxygens (including phenoxy) is 3. The summed E-state index contributed by atoms with van der Waals surface area (Å²) in [6, 6.07) is 13.3. The van der Waals surface area contributed by atoms with Gasteiger partial charge in [0.05, 0.1) is 6.21 Å². The molecule has 0 fully saturated rings. The van der Waals surface area contributed by atoms with Crippen LogP contribution >= 0.6 is 0 Å². The minimum Gasteiger partial charge on any atom is -0.484 e. The van der Waals surface area contributed by atoms with Crippen LogP contribution in [-0.4, -0.2) is 25.5 Å². The molecule has 142 valence electrons. The van der Waals surface area contributed by atoms with Crippen LogP contribution in [-0.2, 0) is 11.2 Å². The molecule has 2 aromatic carbocycles. The van der Waals surface area contributed by atoms with Gasteiger partial charge in [-0.1, -0.05) is 31.9 Å². The number of fused-ring (bicyclic) bond motifs is 1. The summed E-state index contributed by atoms with van der Waals surface area (Å²) in [4.78, 5) is 11.8. The molecule has 3 rings (SSSR count). The monoisotopic (exact) mass is 368 g/mol. The summed E-state index contributed by atoms with van der Waals surface area (Å²) < 4.78 is 16.0. The van der Waals surface area contributed by atoms with Gasteiger partial charge < -0.3 is 14.2 Å². The van der Waals surface area contributed by atoms with Crippen molar-refractivity contribution >= 4 is 12.1 Å². The number of hydrogen-bond donors (Lipinski definition) is 1. The lowest BCUT2D eigenvalue weighted by Crippen LogP contribution is -2.24. The molecule has 1 amide bonds. The highest BCUT2D eigenvalue weighted by Gasteiger charge is 2.12. The molecule has 1 aliphatic rings. The van der Waals surface area contributed by atoms with Gasteiger partial charge >= 0.3 is 0 Å². The predicted molar refractivity (Wildman–Crippen MR) is 103 cm³/mol. The van der Waals surface area contributed by atoms with Crippen LogP contribution in [0.3, 0.4) is 0 Å². The maximum atomic E-state index is 11.8. The van der Waals surface area contributed by atoms with Crippen LogP contribution < -0.4 is 19.6 Å². The number of carbonyl (C=O) groups excluding carboxylic acids is 1. The normalized spacial score (nSPS) is 12.3. The Balaban J connectivity index is 1.40. The molecule has 0 spiro atoms. The summed E-state index contributed by atoms with van der Waals surface area (Å²) >= 11 is 0. The zero-order valence-electron chi connectivity index (χ0n) is 15.4. The molecule has 1 aliphatic heterocycles. The molecule has 0 radical (unpaired) electrons. The van der Waals surface area contributed by atoms with E-state index >= 15 is 0 Å². The molecular weight excluding hydrogens is 344 g/mol. The Bertz CT molecular complexity index is 787.